The highest BCUT2D eigenvalue weighted by Crippen LogP contribution is 2.28. The molecule has 0 bridgehead atoms. The molecule has 3 aromatic rings. The minimum atomic E-state index is -2.82. The highest BCUT2D eigenvalue weighted by molar-refractivity contribution is 5.73. The van der Waals surface area contributed by atoms with Gasteiger partial charge in [0.05, 0.1) is 6.26 Å². The summed E-state index contributed by atoms with van der Waals surface area (Å²) < 4.78 is 85.9. The number of halogens is 6. The van der Waals surface area contributed by atoms with Crippen LogP contribution in [0, 0.1) is 23.3 Å². The Bertz CT molecular complexity index is 1160. The molecule has 7 heteroatoms. The molecule has 0 saturated carbocycles. The van der Waals surface area contributed by atoms with Gasteiger partial charge in [0.1, 0.15) is 11.6 Å². The lowest BCUT2D eigenvalue weighted by Crippen LogP contribution is -1.94. The first-order chi connectivity index (χ1) is 15.8. The average molecular weight is 462 g/mol. The molecule has 0 radical (unpaired) electrons. The van der Waals surface area contributed by atoms with Gasteiger partial charge in [0, 0.05) is 17.2 Å². The molecule has 0 heterocycles. The third-order valence-corrected chi connectivity index (χ3v) is 4.77. The summed E-state index contributed by atoms with van der Waals surface area (Å²) in [6, 6.07) is 10.8. The first kappa shape index (κ1) is 24.2. The second kappa shape index (κ2) is 10.9. The number of allylic oxidation sites excluding steroid dienone is 1. The van der Waals surface area contributed by atoms with Crippen molar-refractivity contribution in [1.29, 1.82) is 0 Å². The van der Waals surface area contributed by atoms with E-state index in [-0.39, 0.29) is 16.7 Å². The molecule has 0 N–H and O–H groups in total. The number of alkyl halides is 2. The van der Waals surface area contributed by atoms with Crippen LogP contribution in [-0.2, 0) is 6.42 Å². The number of hydrogen-bond acceptors (Lipinski definition) is 1. The minimum absolute atomic E-state index is 0.0659. The van der Waals surface area contributed by atoms with Gasteiger partial charge in [-0.25, -0.2) is 26.3 Å². The predicted molar refractivity (Wildman–Crippen MR) is 117 cm³/mol. The third kappa shape index (κ3) is 6.28. The van der Waals surface area contributed by atoms with E-state index in [0.29, 0.717) is 17.9 Å². The molecule has 172 valence electrons. The average Bonchev–Trinajstić information content (AvgIpc) is 2.75. The van der Waals surface area contributed by atoms with E-state index in [1.54, 1.807) is 18.2 Å². The molecular formula is C26H20F6O. The van der Waals surface area contributed by atoms with E-state index in [1.165, 1.54) is 30.4 Å². The molecule has 0 spiro atoms. The van der Waals surface area contributed by atoms with Crippen LogP contribution in [-0.4, -0.2) is 6.43 Å². The van der Waals surface area contributed by atoms with Crippen LogP contribution < -0.4 is 4.74 Å². The van der Waals surface area contributed by atoms with E-state index < -0.39 is 35.4 Å². The van der Waals surface area contributed by atoms with Crippen LogP contribution in [0.5, 0.6) is 5.75 Å². The fourth-order valence-corrected chi connectivity index (χ4v) is 3.21. The van der Waals surface area contributed by atoms with Gasteiger partial charge < -0.3 is 4.74 Å². The van der Waals surface area contributed by atoms with Crippen molar-refractivity contribution in [3.8, 4) is 16.9 Å². The van der Waals surface area contributed by atoms with Crippen molar-refractivity contribution < 1.29 is 31.1 Å². The Labute approximate surface area is 187 Å². The van der Waals surface area contributed by atoms with Crippen molar-refractivity contribution in [3.63, 3.8) is 0 Å². The van der Waals surface area contributed by atoms with Crippen molar-refractivity contribution in [2.24, 2.45) is 0 Å². The van der Waals surface area contributed by atoms with Crippen LogP contribution in [0.1, 0.15) is 30.0 Å². The zero-order chi connectivity index (χ0) is 24.0. The SMILES string of the molecule is CCCc1ccc(-c2ccc(/C=C/c3cc(F)c(O/C=C/C(F)F)c(F)c3)c(F)c2)c(F)c1. The summed E-state index contributed by atoms with van der Waals surface area (Å²) in [5.41, 5.74) is 1.68. The van der Waals surface area contributed by atoms with Gasteiger partial charge in [0.2, 0.25) is 0 Å². The first-order valence-corrected chi connectivity index (χ1v) is 10.2. The Morgan fingerprint density at radius 2 is 1.55 bits per heavy atom. The number of aryl methyl sites for hydroxylation is 1. The van der Waals surface area contributed by atoms with Gasteiger partial charge in [-0.15, -0.1) is 0 Å². The minimum Gasteiger partial charge on any atom is -0.459 e. The quantitative estimate of drug-likeness (QED) is 0.186. The molecule has 1 nitrogen and oxygen atoms in total. The number of hydrogen-bond donors (Lipinski definition) is 0. The third-order valence-electron chi connectivity index (χ3n) is 4.77. The zero-order valence-electron chi connectivity index (χ0n) is 17.6. The van der Waals surface area contributed by atoms with Crippen LogP contribution in [0.3, 0.4) is 0 Å². The number of benzene rings is 3. The normalized spacial score (nSPS) is 11.8. The fraction of sp³-hybridized carbons (Fsp3) is 0.154. The van der Waals surface area contributed by atoms with Crippen molar-refractivity contribution in [2.75, 3.05) is 0 Å². The lowest BCUT2D eigenvalue weighted by Gasteiger charge is -2.08. The standard InChI is InChI=1S/C26H20F6O/c1-2-3-16-5-9-20(22(28)12-16)19-8-7-18(21(27)15-19)6-4-17-13-23(29)26(24(30)14-17)33-11-10-25(31)32/h4-15,25H,2-3H2,1H3/b6-4+,11-10+. The molecule has 0 atom stereocenters. The summed E-state index contributed by atoms with van der Waals surface area (Å²) in [5.74, 6) is -4.12. The Morgan fingerprint density at radius 1 is 0.818 bits per heavy atom. The van der Waals surface area contributed by atoms with Gasteiger partial charge in [-0.05, 0) is 47.4 Å². The van der Waals surface area contributed by atoms with E-state index in [4.69, 9.17) is 0 Å². The van der Waals surface area contributed by atoms with Crippen LogP contribution in [0.2, 0.25) is 0 Å². The molecule has 0 aliphatic rings. The van der Waals surface area contributed by atoms with Gasteiger partial charge >= 0.3 is 0 Å². The number of ether oxygens (including phenoxy) is 1. The maximum absolute atomic E-state index is 14.6. The summed E-state index contributed by atoms with van der Waals surface area (Å²) >= 11 is 0. The molecular weight excluding hydrogens is 442 g/mol. The van der Waals surface area contributed by atoms with Crippen molar-refractivity contribution in [2.45, 2.75) is 26.2 Å². The van der Waals surface area contributed by atoms with Crippen molar-refractivity contribution >= 4 is 12.2 Å². The summed E-state index contributed by atoms with van der Waals surface area (Å²) in [5, 5.41) is 0. The Kier molecular flexibility index (Phi) is 7.98. The van der Waals surface area contributed by atoms with E-state index in [9.17, 15) is 26.3 Å². The lowest BCUT2D eigenvalue weighted by atomic mass is 9.99. The maximum Gasteiger partial charge on any atom is 0.260 e. The topological polar surface area (TPSA) is 9.23 Å². The van der Waals surface area contributed by atoms with Crippen LogP contribution in [0.4, 0.5) is 26.3 Å². The molecule has 0 aromatic heterocycles. The van der Waals surface area contributed by atoms with Gasteiger partial charge in [-0.2, -0.15) is 0 Å². The van der Waals surface area contributed by atoms with Crippen molar-refractivity contribution in [3.05, 3.63) is 101 Å². The summed E-state index contributed by atoms with van der Waals surface area (Å²) in [6.45, 7) is 1.99. The number of rotatable bonds is 8. The second-order valence-corrected chi connectivity index (χ2v) is 7.23. The smallest absolute Gasteiger partial charge is 0.260 e. The van der Waals surface area contributed by atoms with Crippen LogP contribution >= 0.6 is 0 Å². The van der Waals surface area contributed by atoms with Crippen molar-refractivity contribution in [1.82, 2.24) is 0 Å². The molecule has 0 aliphatic heterocycles. The maximum atomic E-state index is 14.6. The van der Waals surface area contributed by atoms with Crippen LogP contribution in [0.25, 0.3) is 23.3 Å². The molecule has 0 amide bonds. The monoisotopic (exact) mass is 462 g/mol. The summed E-state index contributed by atoms with van der Waals surface area (Å²) in [6.07, 6.45) is 2.23. The van der Waals surface area contributed by atoms with Gasteiger partial charge in [-0.1, -0.05) is 49.8 Å². The molecule has 0 fully saturated rings. The highest BCUT2D eigenvalue weighted by Gasteiger charge is 2.12. The molecule has 33 heavy (non-hydrogen) atoms. The molecule has 0 aliphatic carbocycles. The Hall–Kier alpha value is -3.48. The van der Waals surface area contributed by atoms with Gasteiger partial charge in [0.25, 0.3) is 6.43 Å². The van der Waals surface area contributed by atoms with Gasteiger partial charge in [0.15, 0.2) is 17.4 Å². The summed E-state index contributed by atoms with van der Waals surface area (Å²) in [7, 11) is 0. The molecule has 3 aromatic carbocycles. The highest BCUT2D eigenvalue weighted by atomic mass is 19.3. The molecule has 0 unspecified atom stereocenters. The molecule has 3 rings (SSSR count). The Morgan fingerprint density at radius 3 is 2.15 bits per heavy atom. The largest absolute Gasteiger partial charge is 0.459 e. The predicted octanol–water partition coefficient (Wildman–Crippen LogP) is 8.19. The zero-order valence-corrected chi connectivity index (χ0v) is 17.6. The van der Waals surface area contributed by atoms with E-state index >= 15 is 0 Å². The second-order valence-electron chi connectivity index (χ2n) is 7.23. The first-order valence-electron chi connectivity index (χ1n) is 10.2. The summed E-state index contributed by atoms with van der Waals surface area (Å²) in [4.78, 5) is 0. The Balaban J connectivity index is 1.80. The van der Waals surface area contributed by atoms with Gasteiger partial charge in [-0.3, -0.25) is 0 Å². The van der Waals surface area contributed by atoms with Crippen LogP contribution in [0.15, 0.2) is 60.9 Å². The van der Waals surface area contributed by atoms with E-state index in [0.717, 1.165) is 30.5 Å². The lowest BCUT2D eigenvalue weighted by molar-refractivity contribution is 0.200. The molecule has 0 saturated heterocycles. The van der Waals surface area contributed by atoms with E-state index in [1.807, 2.05) is 6.92 Å². The van der Waals surface area contributed by atoms with E-state index in [2.05, 4.69) is 4.74 Å². The fourth-order valence-electron chi connectivity index (χ4n) is 3.21.